The predicted molar refractivity (Wildman–Crippen MR) is 140 cm³/mol. The molecule has 10 heteroatoms. The molecule has 1 aliphatic carbocycles. The fourth-order valence-electron chi connectivity index (χ4n) is 5.63. The Hall–Kier alpha value is -3.92. The zero-order chi connectivity index (χ0) is 26.1. The van der Waals surface area contributed by atoms with Crippen LogP contribution in [0.3, 0.4) is 0 Å². The molecule has 10 nitrogen and oxygen atoms in total. The smallest absolute Gasteiger partial charge is 0.251 e. The highest BCUT2D eigenvalue weighted by Gasteiger charge is 2.37. The Kier molecular flexibility index (Phi) is 6.71. The van der Waals surface area contributed by atoms with Crippen LogP contribution in [-0.2, 0) is 6.42 Å². The van der Waals surface area contributed by atoms with Crippen LogP contribution in [0, 0.1) is 0 Å². The van der Waals surface area contributed by atoms with Gasteiger partial charge in [0.1, 0.15) is 6.04 Å². The Morgan fingerprint density at radius 1 is 1.18 bits per heavy atom. The molecule has 6 rings (SSSR count). The largest absolute Gasteiger partial charge is 0.492 e. The van der Waals surface area contributed by atoms with Gasteiger partial charge in [0.05, 0.1) is 12.8 Å². The van der Waals surface area contributed by atoms with Crippen molar-refractivity contribution in [2.75, 3.05) is 34.0 Å². The molecule has 0 spiro atoms. The summed E-state index contributed by atoms with van der Waals surface area (Å²) in [6, 6.07) is 9.15. The van der Waals surface area contributed by atoms with E-state index in [1.54, 1.807) is 11.8 Å². The van der Waals surface area contributed by atoms with Gasteiger partial charge < -0.3 is 19.5 Å². The molecule has 3 heterocycles. The second-order valence-electron chi connectivity index (χ2n) is 9.96. The van der Waals surface area contributed by atoms with Gasteiger partial charge in [-0.05, 0) is 91.9 Å². The number of carbonyl (C=O) groups is 1. The molecule has 0 saturated carbocycles. The first-order valence-electron chi connectivity index (χ1n) is 13.2. The number of likely N-dealkylation sites (N-methyl/N-ethyl adjacent to an activating group) is 1. The Labute approximate surface area is 221 Å². The number of allylic oxidation sites excluding steroid dienone is 1. The van der Waals surface area contributed by atoms with Crippen molar-refractivity contribution < 1.29 is 19.0 Å². The van der Waals surface area contributed by atoms with Gasteiger partial charge in [0.15, 0.2) is 17.3 Å². The second kappa shape index (κ2) is 10.4. The molecular formula is C28H32N6O4. The number of nitrogens with zero attached hydrogens (tertiary/aromatic N) is 5. The number of aromatic nitrogens is 4. The lowest BCUT2D eigenvalue weighted by Gasteiger charge is -2.34. The van der Waals surface area contributed by atoms with Gasteiger partial charge in [-0.1, -0.05) is 11.6 Å². The molecule has 1 aromatic heterocycles. The van der Waals surface area contributed by atoms with Crippen molar-refractivity contribution in [3.63, 3.8) is 0 Å². The van der Waals surface area contributed by atoms with Gasteiger partial charge in [-0.15, -0.1) is 5.10 Å². The van der Waals surface area contributed by atoms with Crippen LogP contribution in [0.1, 0.15) is 65.5 Å². The quantitative estimate of drug-likeness (QED) is 0.475. The van der Waals surface area contributed by atoms with Gasteiger partial charge in [-0.3, -0.25) is 9.69 Å². The fraction of sp³-hybridized carbons (Fsp3) is 0.429. The number of methoxy groups -OCH3 is 1. The van der Waals surface area contributed by atoms with E-state index in [4.69, 9.17) is 14.2 Å². The standard InChI is InChI=1S/C28H32N6O4/c1-33-15-13-20-16-22-25(38-17-37-22)26(36-2)23(20)24(33)27-30-31-32-34(27)21-10-8-19(9-11-21)28(35)29-14-12-18-6-4-3-5-7-18/h6,8-11,16,24H,3-5,7,12-15,17H2,1-2H3,(H,29,35)/t24-/m1/s1. The Balaban J connectivity index is 1.24. The molecule has 38 heavy (non-hydrogen) atoms. The zero-order valence-electron chi connectivity index (χ0n) is 21.8. The van der Waals surface area contributed by atoms with Crippen molar-refractivity contribution >= 4 is 5.91 Å². The molecule has 0 saturated heterocycles. The summed E-state index contributed by atoms with van der Waals surface area (Å²) in [7, 11) is 3.69. The number of fused-ring (bicyclic) bond motifs is 2. The lowest BCUT2D eigenvalue weighted by atomic mass is 9.90. The molecule has 198 valence electrons. The van der Waals surface area contributed by atoms with Gasteiger partial charge in [0.25, 0.3) is 5.91 Å². The number of nitrogens with one attached hydrogen (secondary N) is 1. The second-order valence-corrected chi connectivity index (χ2v) is 9.96. The summed E-state index contributed by atoms with van der Waals surface area (Å²) >= 11 is 0. The van der Waals surface area contributed by atoms with E-state index in [-0.39, 0.29) is 18.7 Å². The summed E-state index contributed by atoms with van der Waals surface area (Å²) in [6.07, 6.45) is 8.90. The van der Waals surface area contributed by atoms with E-state index >= 15 is 0 Å². The highest BCUT2D eigenvalue weighted by molar-refractivity contribution is 5.94. The summed E-state index contributed by atoms with van der Waals surface area (Å²) in [5.41, 5.74) is 4.93. The van der Waals surface area contributed by atoms with Crippen molar-refractivity contribution in [2.24, 2.45) is 0 Å². The first-order chi connectivity index (χ1) is 18.6. The average molecular weight is 517 g/mol. The third-order valence-electron chi connectivity index (χ3n) is 7.62. The van der Waals surface area contributed by atoms with Crippen LogP contribution >= 0.6 is 0 Å². The number of carbonyl (C=O) groups excluding carboxylic acids is 1. The van der Waals surface area contributed by atoms with Crippen molar-refractivity contribution in [3.8, 4) is 22.9 Å². The van der Waals surface area contributed by atoms with Crippen LogP contribution in [0.4, 0.5) is 0 Å². The van der Waals surface area contributed by atoms with Gasteiger partial charge in [0, 0.05) is 24.2 Å². The molecule has 0 fully saturated rings. The summed E-state index contributed by atoms with van der Waals surface area (Å²) < 4.78 is 18.9. The van der Waals surface area contributed by atoms with Gasteiger partial charge in [-0.25, -0.2) is 0 Å². The van der Waals surface area contributed by atoms with Crippen LogP contribution in [0.25, 0.3) is 5.69 Å². The minimum atomic E-state index is -0.254. The molecule has 3 aliphatic rings. The third-order valence-corrected chi connectivity index (χ3v) is 7.62. The molecule has 0 bridgehead atoms. The van der Waals surface area contributed by atoms with Gasteiger partial charge >= 0.3 is 0 Å². The number of hydrogen-bond donors (Lipinski definition) is 1. The van der Waals surface area contributed by atoms with E-state index in [0.717, 1.165) is 49.0 Å². The lowest BCUT2D eigenvalue weighted by Crippen LogP contribution is -2.35. The minimum absolute atomic E-state index is 0.0772. The molecule has 1 atom stereocenters. The number of benzene rings is 2. The normalized spacial score (nSPS) is 18.6. The maximum Gasteiger partial charge on any atom is 0.251 e. The average Bonchev–Trinajstić information content (AvgIpc) is 3.62. The molecule has 3 aromatic rings. The van der Waals surface area contributed by atoms with Crippen molar-refractivity contribution in [1.29, 1.82) is 0 Å². The van der Waals surface area contributed by atoms with Crippen LogP contribution in [0.15, 0.2) is 42.0 Å². The third kappa shape index (κ3) is 4.49. The number of tetrazole rings is 1. The van der Waals surface area contributed by atoms with Crippen molar-refractivity contribution in [3.05, 3.63) is 64.5 Å². The van der Waals surface area contributed by atoms with E-state index in [2.05, 4.69) is 31.8 Å². The molecule has 0 radical (unpaired) electrons. The highest BCUT2D eigenvalue weighted by atomic mass is 16.7. The molecule has 0 unspecified atom stereocenters. The minimum Gasteiger partial charge on any atom is -0.492 e. The lowest BCUT2D eigenvalue weighted by molar-refractivity contribution is 0.0954. The van der Waals surface area contributed by atoms with Crippen LogP contribution in [0.5, 0.6) is 17.2 Å². The van der Waals surface area contributed by atoms with Crippen LogP contribution in [-0.4, -0.2) is 65.1 Å². The van der Waals surface area contributed by atoms with Crippen molar-refractivity contribution in [1.82, 2.24) is 30.4 Å². The summed E-state index contributed by atoms with van der Waals surface area (Å²) in [4.78, 5) is 14.9. The maximum atomic E-state index is 12.7. The first kappa shape index (κ1) is 24.4. The van der Waals surface area contributed by atoms with Crippen LogP contribution < -0.4 is 19.5 Å². The molecule has 1 amide bonds. The molecule has 1 N–H and O–H groups in total. The summed E-state index contributed by atoms with van der Waals surface area (Å²) in [6.45, 7) is 1.64. The van der Waals surface area contributed by atoms with Gasteiger partial charge in [0.2, 0.25) is 12.5 Å². The Bertz CT molecular complexity index is 1370. The monoisotopic (exact) mass is 516 g/mol. The predicted octanol–water partition coefficient (Wildman–Crippen LogP) is 3.60. The highest BCUT2D eigenvalue weighted by Crippen LogP contribution is 2.50. The summed E-state index contributed by atoms with van der Waals surface area (Å²) in [5.74, 6) is 2.54. The van der Waals surface area contributed by atoms with E-state index in [0.29, 0.717) is 35.2 Å². The van der Waals surface area contributed by atoms with Crippen molar-refractivity contribution in [2.45, 2.75) is 44.6 Å². The molecule has 2 aliphatic heterocycles. The zero-order valence-corrected chi connectivity index (χ0v) is 21.8. The van der Waals surface area contributed by atoms with Gasteiger partial charge in [-0.2, -0.15) is 4.68 Å². The van der Waals surface area contributed by atoms with E-state index < -0.39 is 0 Å². The van der Waals surface area contributed by atoms with E-state index in [1.165, 1.54) is 18.4 Å². The number of hydrogen-bond acceptors (Lipinski definition) is 8. The summed E-state index contributed by atoms with van der Waals surface area (Å²) in [5, 5.41) is 15.8. The Morgan fingerprint density at radius 3 is 2.84 bits per heavy atom. The number of ether oxygens (including phenoxy) is 3. The van der Waals surface area contributed by atoms with E-state index in [1.807, 2.05) is 37.4 Å². The number of amides is 1. The SMILES string of the molecule is COc1c2c(cc3c1[C@H](c1nnnn1-c1ccc(C(=O)NCCC4=CCCCC4)cc1)N(C)CC3)OCO2. The Morgan fingerprint density at radius 2 is 2.05 bits per heavy atom. The van der Waals surface area contributed by atoms with E-state index in [9.17, 15) is 4.79 Å². The van der Waals surface area contributed by atoms with Crippen LogP contribution in [0.2, 0.25) is 0 Å². The molecule has 2 aromatic carbocycles. The topological polar surface area (TPSA) is 104 Å². The molecular weight excluding hydrogens is 484 g/mol. The number of rotatable bonds is 7. The first-order valence-corrected chi connectivity index (χ1v) is 13.2. The maximum absolute atomic E-state index is 12.7. The fourth-order valence-corrected chi connectivity index (χ4v) is 5.63.